The highest BCUT2D eigenvalue weighted by Gasteiger charge is 2.12. The molecule has 1 heterocycles. The predicted octanol–water partition coefficient (Wildman–Crippen LogP) is 3.25. The van der Waals surface area contributed by atoms with Gasteiger partial charge in [0.05, 0.1) is 18.2 Å². The van der Waals surface area contributed by atoms with E-state index < -0.39 is 0 Å². The second-order valence-electron chi connectivity index (χ2n) is 6.09. The minimum Gasteiger partial charge on any atom is -0.267 e. The summed E-state index contributed by atoms with van der Waals surface area (Å²) < 4.78 is 1.49. The first-order chi connectivity index (χ1) is 10.4. The van der Waals surface area contributed by atoms with Crippen molar-refractivity contribution in [2.45, 2.75) is 40.7 Å². The number of nitrogens with zero attached hydrogens (tertiary/aromatic N) is 3. The van der Waals surface area contributed by atoms with Crippen molar-refractivity contribution in [1.82, 2.24) is 9.78 Å². The van der Waals surface area contributed by atoms with Gasteiger partial charge < -0.3 is 0 Å². The highest BCUT2D eigenvalue weighted by molar-refractivity contribution is 5.64. The van der Waals surface area contributed by atoms with Crippen molar-refractivity contribution in [3.05, 3.63) is 51.3 Å². The summed E-state index contributed by atoms with van der Waals surface area (Å²) in [5.41, 5.74) is 4.36. The number of nitriles is 1. The van der Waals surface area contributed by atoms with Crippen LogP contribution in [0, 0.1) is 31.1 Å². The van der Waals surface area contributed by atoms with Gasteiger partial charge in [-0.25, -0.2) is 4.68 Å². The number of aromatic nitrogens is 2. The molecule has 0 unspecified atom stereocenters. The molecule has 0 spiro atoms. The van der Waals surface area contributed by atoms with Gasteiger partial charge in [0.1, 0.15) is 0 Å². The lowest BCUT2D eigenvalue weighted by Gasteiger charge is -2.13. The maximum absolute atomic E-state index is 12.4. The van der Waals surface area contributed by atoms with Crippen LogP contribution in [-0.4, -0.2) is 9.78 Å². The SMILES string of the molecule is Cc1ccc(C)c(-c2cc(CC#N)c(=O)n(CC(C)C)n2)c1. The van der Waals surface area contributed by atoms with Crippen molar-refractivity contribution in [3.63, 3.8) is 0 Å². The van der Waals surface area contributed by atoms with Gasteiger partial charge in [-0.05, 0) is 37.5 Å². The van der Waals surface area contributed by atoms with Crippen LogP contribution in [-0.2, 0) is 13.0 Å². The van der Waals surface area contributed by atoms with Crippen LogP contribution in [0.3, 0.4) is 0 Å². The first kappa shape index (κ1) is 16.0. The van der Waals surface area contributed by atoms with E-state index >= 15 is 0 Å². The molecule has 2 rings (SSSR count). The summed E-state index contributed by atoms with van der Waals surface area (Å²) in [6, 6.07) is 10.00. The average Bonchev–Trinajstić information content (AvgIpc) is 2.45. The van der Waals surface area contributed by atoms with E-state index in [0.29, 0.717) is 18.0 Å². The summed E-state index contributed by atoms with van der Waals surface area (Å²) in [6.45, 7) is 8.70. The summed E-state index contributed by atoms with van der Waals surface area (Å²) in [7, 11) is 0. The average molecular weight is 295 g/mol. The molecule has 0 N–H and O–H groups in total. The maximum atomic E-state index is 12.4. The fraction of sp³-hybridized carbons (Fsp3) is 0.389. The molecule has 0 aliphatic heterocycles. The lowest BCUT2D eigenvalue weighted by atomic mass is 10.0. The van der Waals surface area contributed by atoms with Gasteiger partial charge in [-0.15, -0.1) is 0 Å². The highest BCUT2D eigenvalue weighted by atomic mass is 16.1. The van der Waals surface area contributed by atoms with Crippen LogP contribution >= 0.6 is 0 Å². The van der Waals surface area contributed by atoms with Crippen LogP contribution in [0.15, 0.2) is 29.1 Å². The Balaban J connectivity index is 2.65. The molecule has 114 valence electrons. The van der Waals surface area contributed by atoms with E-state index in [4.69, 9.17) is 5.26 Å². The third-order valence-electron chi connectivity index (χ3n) is 3.53. The number of benzene rings is 1. The predicted molar refractivity (Wildman–Crippen MR) is 87.6 cm³/mol. The molecule has 1 aromatic heterocycles. The van der Waals surface area contributed by atoms with Crippen molar-refractivity contribution in [2.24, 2.45) is 5.92 Å². The second-order valence-corrected chi connectivity index (χ2v) is 6.09. The molecule has 0 aliphatic rings. The molecule has 0 aliphatic carbocycles. The zero-order valence-electron chi connectivity index (χ0n) is 13.6. The molecule has 0 saturated carbocycles. The van der Waals surface area contributed by atoms with Gasteiger partial charge in [0, 0.05) is 17.7 Å². The Kier molecular flexibility index (Phi) is 4.77. The Hall–Kier alpha value is -2.41. The van der Waals surface area contributed by atoms with Gasteiger partial charge >= 0.3 is 0 Å². The van der Waals surface area contributed by atoms with Crippen LogP contribution in [0.1, 0.15) is 30.5 Å². The lowest BCUT2D eigenvalue weighted by Crippen LogP contribution is -2.28. The molecule has 4 heteroatoms. The summed E-state index contributed by atoms with van der Waals surface area (Å²) in [4.78, 5) is 12.4. The van der Waals surface area contributed by atoms with Gasteiger partial charge in [-0.2, -0.15) is 10.4 Å². The van der Waals surface area contributed by atoms with Crippen molar-refractivity contribution in [3.8, 4) is 17.3 Å². The van der Waals surface area contributed by atoms with Crippen LogP contribution in [0.4, 0.5) is 0 Å². The van der Waals surface area contributed by atoms with Crippen LogP contribution < -0.4 is 5.56 Å². The molecule has 0 fully saturated rings. The van der Waals surface area contributed by atoms with Gasteiger partial charge in [-0.1, -0.05) is 31.5 Å². The van der Waals surface area contributed by atoms with Crippen LogP contribution in [0.2, 0.25) is 0 Å². The molecule has 0 saturated heterocycles. The first-order valence-electron chi connectivity index (χ1n) is 7.48. The molecular formula is C18H21N3O. The second kappa shape index (κ2) is 6.57. The van der Waals surface area contributed by atoms with Gasteiger partial charge in [0.25, 0.3) is 5.56 Å². The Labute approximate surface area is 131 Å². The van der Waals surface area contributed by atoms with E-state index in [9.17, 15) is 4.79 Å². The van der Waals surface area contributed by atoms with Gasteiger partial charge in [-0.3, -0.25) is 4.79 Å². The molecule has 2 aromatic rings. The highest BCUT2D eigenvalue weighted by Crippen LogP contribution is 2.22. The zero-order chi connectivity index (χ0) is 16.3. The zero-order valence-corrected chi connectivity index (χ0v) is 13.6. The van der Waals surface area contributed by atoms with Crippen LogP contribution in [0.25, 0.3) is 11.3 Å². The third-order valence-corrected chi connectivity index (χ3v) is 3.53. The van der Waals surface area contributed by atoms with Crippen molar-refractivity contribution < 1.29 is 0 Å². The minimum atomic E-state index is -0.163. The topological polar surface area (TPSA) is 58.7 Å². The van der Waals surface area contributed by atoms with E-state index in [1.165, 1.54) is 4.68 Å². The minimum absolute atomic E-state index is 0.108. The standard InChI is InChI=1S/C18H21N3O/c1-12(2)11-21-18(22)15(7-8-19)10-17(20-21)16-9-13(3)5-6-14(16)4/h5-6,9-10,12H,7,11H2,1-4H3. The van der Waals surface area contributed by atoms with E-state index in [1.54, 1.807) is 6.07 Å². The smallest absolute Gasteiger partial charge is 0.267 e. The van der Waals surface area contributed by atoms with Gasteiger partial charge in [0.2, 0.25) is 0 Å². The number of rotatable bonds is 4. The molecule has 4 nitrogen and oxygen atoms in total. The summed E-state index contributed by atoms with van der Waals surface area (Å²) in [5, 5.41) is 13.5. The number of hydrogen-bond donors (Lipinski definition) is 0. The molecule has 0 atom stereocenters. The Morgan fingerprint density at radius 2 is 2.00 bits per heavy atom. The maximum Gasteiger partial charge on any atom is 0.271 e. The molecule has 22 heavy (non-hydrogen) atoms. The summed E-state index contributed by atoms with van der Waals surface area (Å²) >= 11 is 0. The third kappa shape index (κ3) is 3.43. The normalized spacial score (nSPS) is 10.7. The molecule has 0 bridgehead atoms. The van der Waals surface area contributed by atoms with E-state index in [2.05, 4.69) is 23.3 Å². The quantitative estimate of drug-likeness (QED) is 0.870. The van der Waals surface area contributed by atoms with Crippen molar-refractivity contribution >= 4 is 0 Å². The number of aryl methyl sites for hydroxylation is 2. The number of hydrogen-bond acceptors (Lipinski definition) is 3. The Morgan fingerprint density at radius 1 is 1.27 bits per heavy atom. The van der Waals surface area contributed by atoms with E-state index in [-0.39, 0.29) is 12.0 Å². The van der Waals surface area contributed by atoms with Crippen molar-refractivity contribution in [2.75, 3.05) is 0 Å². The largest absolute Gasteiger partial charge is 0.271 e. The molecule has 0 amide bonds. The van der Waals surface area contributed by atoms with E-state index in [1.807, 2.05) is 33.8 Å². The molecular weight excluding hydrogens is 274 g/mol. The Morgan fingerprint density at radius 3 is 2.64 bits per heavy atom. The monoisotopic (exact) mass is 295 g/mol. The molecule has 1 aromatic carbocycles. The van der Waals surface area contributed by atoms with Crippen molar-refractivity contribution in [1.29, 1.82) is 5.26 Å². The summed E-state index contributed by atoms with van der Waals surface area (Å²) in [6.07, 6.45) is 0.108. The fourth-order valence-electron chi connectivity index (χ4n) is 2.42. The van der Waals surface area contributed by atoms with E-state index in [0.717, 1.165) is 22.4 Å². The summed E-state index contributed by atoms with van der Waals surface area (Å²) in [5.74, 6) is 0.314. The first-order valence-corrected chi connectivity index (χ1v) is 7.48. The fourth-order valence-corrected chi connectivity index (χ4v) is 2.42. The Bertz CT molecular complexity index is 782. The van der Waals surface area contributed by atoms with Crippen LogP contribution in [0.5, 0.6) is 0 Å². The van der Waals surface area contributed by atoms with Gasteiger partial charge in [0.15, 0.2) is 0 Å². The lowest BCUT2D eigenvalue weighted by molar-refractivity contribution is 0.463. The molecule has 0 radical (unpaired) electrons.